The Morgan fingerprint density at radius 3 is 2.44 bits per heavy atom. The molecule has 1 aliphatic rings. The average molecular weight is 558 g/mol. The molecule has 0 aliphatic carbocycles. The minimum atomic E-state index is -0.938. The van der Waals surface area contributed by atoms with E-state index in [1.807, 2.05) is 38.1 Å². The van der Waals surface area contributed by atoms with Gasteiger partial charge in [0.05, 0.1) is 6.10 Å². The molecule has 2 amide bonds. The van der Waals surface area contributed by atoms with Gasteiger partial charge < -0.3 is 14.4 Å². The zero-order valence-corrected chi connectivity index (χ0v) is 24.3. The third-order valence-corrected chi connectivity index (χ3v) is 7.35. The Bertz CT molecular complexity index is 1150. The average Bonchev–Trinajstić information content (AvgIpc) is 3.17. The van der Waals surface area contributed by atoms with Crippen molar-refractivity contribution in [1.82, 2.24) is 9.96 Å². The first-order valence-corrected chi connectivity index (χ1v) is 13.9. The van der Waals surface area contributed by atoms with Crippen LogP contribution >= 0.6 is 11.6 Å². The van der Waals surface area contributed by atoms with Gasteiger partial charge in [-0.1, -0.05) is 49.7 Å². The largest absolute Gasteiger partial charge is 0.463 e. The number of benzene rings is 2. The summed E-state index contributed by atoms with van der Waals surface area (Å²) in [5, 5.41) is 11.4. The SMILES string of the molecule is CC(C)OC(=O)CCCC1(N(CCC=O)C(=O)N(C)O)Cc2cc(C(C)C)ccc2N1Cc1ccc(Cl)cc1. The summed E-state index contributed by atoms with van der Waals surface area (Å²) < 4.78 is 5.36. The van der Waals surface area contributed by atoms with Gasteiger partial charge in [0.25, 0.3) is 0 Å². The van der Waals surface area contributed by atoms with Gasteiger partial charge in [0.2, 0.25) is 0 Å². The number of hydroxylamine groups is 2. The van der Waals surface area contributed by atoms with Crippen LogP contribution in [0.25, 0.3) is 0 Å². The minimum Gasteiger partial charge on any atom is -0.463 e. The van der Waals surface area contributed by atoms with Crippen molar-refractivity contribution in [2.24, 2.45) is 0 Å². The number of hydrogen-bond acceptors (Lipinski definition) is 6. The standard InChI is InChI=1S/C30H40ClN3O5/c1-21(2)24-11-14-27-25(18-24)19-30(15-6-8-28(36)39-22(3)4,33(16-7-17-35)29(37)32(5)38)34(27)20-23-9-12-26(31)13-10-23/h9-14,17-18,21-22,38H,6-8,15-16,19-20H2,1-5H3. The maximum absolute atomic E-state index is 13.5. The number of ether oxygens (including phenoxy) is 1. The first kappa shape index (κ1) is 30.4. The van der Waals surface area contributed by atoms with Crippen LogP contribution in [0.5, 0.6) is 0 Å². The van der Waals surface area contributed by atoms with Gasteiger partial charge in [0.15, 0.2) is 0 Å². The van der Waals surface area contributed by atoms with Crippen LogP contribution in [0.4, 0.5) is 10.5 Å². The molecular weight excluding hydrogens is 518 g/mol. The number of carbonyl (C=O) groups excluding carboxylic acids is 3. The molecular formula is C30H40ClN3O5. The van der Waals surface area contributed by atoms with E-state index in [2.05, 4.69) is 36.9 Å². The first-order valence-electron chi connectivity index (χ1n) is 13.5. The number of hydrogen-bond donors (Lipinski definition) is 1. The molecule has 2 aromatic rings. The van der Waals surface area contributed by atoms with Crippen LogP contribution in [0, 0.1) is 0 Å². The quantitative estimate of drug-likeness (QED) is 0.145. The Morgan fingerprint density at radius 2 is 1.85 bits per heavy atom. The van der Waals surface area contributed by atoms with Gasteiger partial charge in [-0.05, 0) is 67.5 Å². The molecule has 1 aliphatic heterocycles. The number of halogens is 1. The van der Waals surface area contributed by atoms with E-state index in [-0.39, 0.29) is 31.5 Å². The van der Waals surface area contributed by atoms with Crippen molar-refractivity contribution in [3.63, 3.8) is 0 Å². The highest BCUT2D eigenvalue weighted by atomic mass is 35.5. The summed E-state index contributed by atoms with van der Waals surface area (Å²) in [5.74, 6) is 0.0178. The molecule has 0 fully saturated rings. The second-order valence-corrected chi connectivity index (χ2v) is 11.2. The number of urea groups is 1. The van der Waals surface area contributed by atoms with Crippen LogP contribution in [-0.4, -0.2) is 58.8 Å². The molecule has 1 unspecified atom stereocenters. The molecule has 2 aromatic carbocycles. The second kappa shape index (κ2) is 13.3. The van der Waals surface area contributed by atoms with E-state index >= 15 is 0 Å². The molecule has 1 heterocycles. The van der Waals surface area contributed by atoms with Crippen LogP contribution in [0.3, 0.4) is 0 Å². The van der Waals surface area contributed by atoms with Gasteiger partial charge >= 0.3 is 12.0 Å². The number of nitrogens with zero attached hydrogens (tertiary/aromatic N) is 3. The summed E-state index contributed by atoms with van der Waals surface area (Å²) in [7, 11) is 1.28. The predicted molar refractivity (Wildman–Crippen MR) is 152 cm³/mol. The lowest BCUT2D eigenvalue weighted by atomic mass is 9.93. The molecule has 0 aromatic heterocycles. The van der Waals surface area contributed by atoms with Crippen molar-refractivity contribution in [2.75, 3.05) is 18.5 Å². The van der Waals surface area contributed by atoms with E-state index in [0.29, 0.717) is 41.8 Å². The highest BCUT2D eigenvalue weighted by Crippen LogP contribution is 2.46. The Morgan fingerprint density at radius 1 is 1.15 bits per heavy atom. The van der Waals surface area contributed by atoms with Gasteiger partial charge in [0, 0.05) is 50.1 Å². The molecule has 0 spiro atoms. The lowest BCUT2D eigenvalue weighted by Crippen LogP contribution is -2.63. The highest BCUT2D eigenvalue weighted by Gasteiger charge is 2.50. The van der Waals surface area contributed by atoms with Crippen LogP contribution in [0.15, 0.2) is 42.5 Å². The molecule has 212 valence electrons. The highest BCUT2D eigenvalue weighted by molar-refractivity contribution is 6.30. The molecule has 0 bridgehead atoms. The summed E-state index contributed by atoms with van der Waals surface area (Å²) >= 11 is 6.15. The van der Waals surface area contributed by atoms with E-state index < -0.39 is 11.7 Å². The summed E-state index contributed by atoms with van der Waals surface area (Å²) in [6, 6.07) is 13.3. The third-order valence-electron chi connectivity index (χ3n) is 7.10. The molecule has 1 atom stereocenters. The number of rotatable bonds is 12. The Hall–Kier alpha value is -3.10. The normalized spacial score (nSPS) is 16.4. The van der Waals surface area contributed by atoms with E-state index in [4.69, 9.17) is 16.3 Å². The number of amides is 2. The van der Waals surface area contributed by atoms with E-state index in [0.717, 1.165) is 23.1 Å². The zero-order chi connectivity index (χ0) is 28.7. The van der Waals surface area contributed by atoms with E-state index in [9.17, 15) is 19.6 Å². The number of fused-ring (bicyclic) bond motifs is 1. The van der Waals surface area contributed by atoms with Crippen molar-refractivity contribution < 1.29 is 24.3 Å². The summed E-state index contributed by atoms with van der Waals surface area (Å²) in [6.07, 6.45) is 2.21. The number of anilines is 1. The molecule has 3 rings (SSSR count). The van der Waals surface area contributed by atoms with Crippen molar-refractivity contribution in [3.8, 4) is 0 Å². The molecule has 0 radical (unpaired) electrons. The number of esters is 1. The van der Waals surface area contributed by atoms with Gasteiger partial charge in [-0.3, -0.25) is 14.9 Å². The van der Waals surface area contributed by atoms with Gasteiger partial charge in [-0.15, -0.1) is 0 Å². The van der Waals surface area contributed by atoms with Crippen LogP contribution in [-0.2, 0) is 27.3 Å². The third kappa shape index (κ3) is 7.31. The predicted octanol–water partition coefficient (Wildman–Crippen LogP) is 6.18. The Kier molecular flexibility index (Phi) is 10.4. The fourth-order valence-corrected chi connectivity index (χ4v) is 5.40. The van der Waals surface area contributed by atoms with Crippen LogP contribution < -0.4 is 4.90 Å². The van der Waals surface area contributed by atoms with E-state index in [1.54, 1.807) is 4.90 Å². The van der Waals surface area contributed by atoms with Gasteiger partial charge in [-0.25, -0.2) is 9.86 Å². The van der Waals surface area contributed by atoms with Crippen molar-refractivity contribution in [3.05, 3.63) is 64.2 Å². The van der Waals surface area contributed by atoms with Crippen molar-refractivity contribution >= 4 is 35.6 Å². The van der Waals surface area contributed by atoms with E-state index in [1.165, 1.54) is 12.6 Å². The molecule has 1 N–H and O–H groups in total. The lowest BCUT2D eigenvalue weighted by molar-refractivity contribution is -0.147. The van der Waals surface area contributed by atoms with Gasteiger partial charge in [0.1, 0.15) is 11.9 Å². The Balaban J connectivity index is 2.13. The summed E-state index contributed by atoms with van der Waals surface area (Å²) in [4.78, 5) is 41.2. The fraction of sp³-hybridized carbons (Fsp3) is 0.500. The number of aldehydes is 1. The fourth-order valence-electron chi connectivity index (χ4n) is 5.27. The molecule has 0 saturated carbocycles. The molecule has 0 saturated heterocycles. The second-order valence-electron chi connectivity index (χ2n) is 10.7. The first-order chi connectivity index (χ1) is 18.5. The molecule has 39 heavy (non-hydrogen) atoms. The van der Waals surface area contributed by atoms with Crippen LogP contribution in [0.2, 0.25) is 5.02 Å². The monoisotopic (exact) mass is 557 g/mol. The Labute approximate surface area is 236 Å². The minimum absolute atomic E-state index is 0.110. The molecule has 8 nitrogen and oxygen atoms in total. The zero-order valence-electron chi connectivity index (χ0n) is 23.5. The maximum atomic E-state index is 13.5. The maximum Gasteiger partial charge on any atom is 0.345 e. The summed E-state index contributed by atoms with van der Waals surface area (Å²) in [6.45, 7) is 8.47. The lowest BCUT2D eigenvalue weighted by Gasteiger charge is -2.49. The van der Waals surface area contributed by atoms with Crippen molar-refractivity contribution in [2.45, 2.75) is 84.0 Å². The smallest absolute Gasteiger partial charge is 0.345 e. The summed E-state index contributed by atoms with van der Waals surface area (Å²) in [5.41, 5.74) is 3.28. The van der Waals surface area contributed by atoms with Crippen molar-refractivity contribution in [1.29, 1.82) is 0 Å². The van der Waals surface area contributed by atoms with Crippen LogP contribution in [0.1, 0.15) is 76.0 Å². The topological polar surface area (TPSA) is 90.4 Å². The number of carbonyl (C=O) groups is 3. The molecule has 9 heteroatoms. The van der Waals surface area contributed by atoms with Gasteiger partial charge in [-0.2, -0.15) is 0 Å².